The van der Waals surface area contributed by atoms with E-state index in [1.807, 2.05) is 0 Å². The molecule has 0 bridgehead atoms. The number of ketones is 1. The minimum Gasteiger partial charge on any atom is -0.497 e. The number of methoxy groups -OCH3 is 1. The Bertz CT molecular complexity index is 481. The fourth-order valence-corrected chi connectivity index (χ4v) is 1.41. The molecule has 0 amide bonds. The van der Waals surface area contributed by atoms with Crippen LogP contribution in [0.4, 0.5) is 0 Å². The van der Waals surface area contributed by atoms with Crippen molar-refractivity contribution in [3.8, 4) is 5.75 Å². The number of ether oxygens (including phenoxy) is 3. The van der Waals surface area contributed by atoms with E-state index in [-0.39, 0.29) is 19.0 Å². The topological polar surface area (TPSA) is 61.8 Å². The van der Waals surface area contributed by atoms with Crippen LogP contribution in [0.2, 0.25) is 0 Å². The highest BCUT2D eigenvalue weighted by atomic mass is 16.6. The monoisotopic (exact) mass is 278 g/mol. The van der Waals surface area contributed by atoms with Crippen LogP contribution in [-0.4, -0.2) is 38.2 Å². The molecule has 1 atom stereocenters. The second kappa shape index (κ2) is 8.12. The van der Waals surface area contributed by atoms with Gasteiger partial charge in [0.25, 0.3) is 0 Å². The molecule has 0 aliphatic heterocycles. The lowest BCUT2D eigenvalue weighted by Crippen LogP contribution is -2.25. The summed E-state index contributed by atoms with van der Waals surface area (Å²) in [6, 6.07) is 6.65. The molecule has 1 aromatic carbocycles. The van der Waals surface area contributed by atoms with Gasteiger partial charge in [-0.3, -0.25) is 4.79 Å². The van der Waals surface area contributed by atoms with Crippen LogP contribution in [0.5, 0.6) is 5.75 Å². The predicted molar refractivity (Wildman–Crippen MR) is 73.9 cm³/mol. The molecule has 5 heteroatoms. The number of Topliss-reactive ketones (excluding diaryl/α,β-unsaturated/α-hetero) is 1. The Labute approximate surface area is 118 Å². The number of carbonyl (C=O) groups is 2. The van der Waals surface area contributed by atoms with Crippen LogP contribution in [0.15, 0.2) is 36.9 Å². The molecule has 0 radical (unpaired) electrons. The van der Waals surface area contributed by atoms with E-state index in [1.165, 1.54) is 13.2 Å². The summed E-state index contributed by atoms with van der Waals surface area (Å²) in [7, 11) is 1.52. The summed E-state index contributed by atoms with van der Waals surface area (Å²) >= 11 is 0. The second-order valence-corrected chi connectivity index (χ2v) is 4.03. The number of hydrogen-bond acceptors (Lipinski definition) is 5. The van der Waals surface area contributed by atoms with Crippen LogP contribution < -0.4 is 4.74 Å². The van der Waals surface area contributed by atoms with Crippen molar-refractivity contribution in [2.45, 2.75) is 13.0 Å². The Balaban J connectivity index is 2.50. The molecular formula is C15H18O5. The number of benzene rings is 1. The van der Waals surface area contributed by atoms with E-state index in [9.17, 15) is 9.59 Å². The molecule has 1 rings (SSSR count). The van der Waals surface area contributed by atoms with Gasteiger partial charge in [0.05, 0.1) is 13.7 Å². The van der Waals surface area contributed by atoms with Gasteiger partial charge in [0, 0.05) is 5.56 Å². The van der Waals surface area contributed by atoms with Gasteiger partial charge in [-0.15, -0.1) is 6.58 Å². The molecule has 0 N–H and O–H groups in total. The van der Waals surface area contributed by atoms with Gasteiger partial charge in [-0.25, -0.2) is 4.79 Å². The van der Waals surface area contributed by atoms with Crippen molar-refractivity contribution in [1.82, 2.24) is 0 Å². The van der Waals surface area contributed by atoms with Crippen LogP contribution in [0.1, 0.15) is 17.3 Å². The summed E-state index contributed by atoms with van der Waals surface area (Å²) in [6.45, 7) is 4.96. The second-order valence-electron chi connectivity index (χ2n) is 4.03. The normalized spacial score (nSPS) is 11.5. The molecule has 0 aliphatic rings. The Morgan fingerprint density at radius 3 is 2.80 bits per heavy atom. The number of esters is 1. The first kappa shape index (κ1) is 15.9. The number of rotatable bonds is 8. The first-order chi connectivity index (χ1) is 9.58. The molecular weight excluding hydrogens is 260 g/mol. The van der Waals surface area contributed by atoms with Crippen LogP contribution in [0, 0.1) is 0 Å². The SMILES string of the molecule is C=CCOC(C)C(=O)OCC(=O)c1cccc(OC)c1. The third-order valence-corrected chi connectivity index (χ3v) is 2.53. The summed E-state index contributed by atoms with van der Waals surface area (Å²) in [5.74, 6) is -0.305. The van der Waals surface area contributed by atoms with Gasteiger partial charge < -0.3 is 14.2 Å². The van der Waals surface area contributed by atoms with E-state index >= 15 is 0 Å². The van der Waals surface area contributed by atoms with E-state index < -0.39 is 12.1 Å². The molecule has 5 nitrogen and oxygen atoms in total. The van der Waals surface area contributed by atoms with Crippen molar-refractivity contribution >= 4 is 11.8 Å². The zero-order valence-electron chi connectivity index (χ0n) is 11.6. The quantitative estimate of drug-likeness (QED) is 0.413. The van der Waals surface area contributed by atoms with Crippen molar-refractivity contribution < 1.29 is 23.8 Å². The van der Waals surface area contributed by atoms with Gasteiger partial charge in [0.2, 0.25) is 0 Å². The molecule has 108 valence electrons. The lowest BCUT2D eigenvalue weighted by atomic mass is 10.1. The highest BCUT2D eigenvalue weighted by Gasteiger charge is 2.16. The fraction of sp³-hybridized carbons (Fsp3) is 0.333. The van der Waals surface area contributed by atoms with E-state index in [0.29, 0.717) is 11.3 Å². The molecule has 0 heterocycles. The average Bonchev–Trinajstić information content (AvgIpc) is 2.49. The summed E-state index contributed by atoms with van der Waals surface area (Å²) in [5.41, 5.74) is 0.428. The molecule has 0 aliphatic carbocycles. The summed E-state index contributed by atoms with van der Waals surface area (Å²) < 4.78 is 15.0. The molecule has 1 aromatic rings. The first-order valence-electron chi connectivity index (χ1n) is 6.15. The number of hydrogen-bond donors (Lipinski definition) is 0. The van der Waals surface area contributed by atoms with E-state index in [4.69, 9.17) is 14.2 Å². The van der Waals surface area contributed by atoms with Crippen molar-refractivity contribution in [1.29, 1.82) is 0 Å². The molecule has 0 spiro atoms. The highest BCUT2D eigenvalue weighted by molar-refractivity contribution is 5.98. The maximum atomic E-state index is 11.9. The maximum absolute atomic E-state index is 11.9. The average molecular weight is 278 g/mol. The minimum absolute atomic E-state index is 0.250. The van der Waals surface area contributed by atoms with Gasteiger partial charge in [-0.05, 0) is 19.1 Å². The molecule has 0 aromatic heterocycles. The van der Waals surface area contributed by atoms with Crippen molar-refractivity contribution in [3.05, 3.63) is 42.5 Å². The molecule has 1 unspecified atom stereocenters. The van der Waals surface area contributed by atoms with Crippen molar-refractivity contribution in [2.75, 3.05) is 20.3 Å². The van der Waals surface area contributed by atoms with E-state index in [0.717, 1.165) is 0 Å². The summed E-state index contributed by atoms with van der Waals surface area (Å²) in [5, 5.41) is 0. The molecule has 0 fully saturated rings. The molecule has 0 saturated heterocycles. The lowest BCUT2D eigenvalue weighted by molar-refractivity contribution is -0.154. The Kier molecular flexibility index (Phi) is 6.46. The van der Waals surface area contributed by atoms with E-state index in [2.05, 4.69) is 6.58 Å². The summed E-state index contributed by atoms with van der Waals surface area (Å²) in [4.78, 5) is 23.4. The first-order valence-corrected chi connectivity index (χ1v) is 6.15. The van der Waals surface area contributed by atoms with Crippen molar-refractivity contribution in [2.24, 2.45) is 0 Å². The third kappa shape index (κ3) is 4.85. The zero-order chi connectivity index (χ0) is 15.0. The van der Waals surface area contributed by atoms with E-state index in [1.54, 1.807) is 31.2 Å². The van der Waals surface area contributed by atoms with Crippen LogP contribution in [-0.2, 0) is 14.3 Å². The van der Waals surface area contributed by atoms with Crippen molar-refractivity contribution in [3.63, 3.8) is 0 Å². The van der Waals surface area contributed by atoms with Crippen LogP contribution in [0.3, 0.4) is 0 Å². The Hall–Kier alpha value is -2.14. The fourth-order valence-electron chi connectivity index (χ4n) is 1.41. The Morgan fingerprint density at radius 1 is 1.40 bits per heavy atom. The minimum atomic E-state index is -0.730. The van der Waals surface area contributed by atoms with Gasteiger partial charge in [-0.1, -0.05) is 18.2 Å². The van der Waals surface area contributed by atoms with Gasteiger partial charge >= 0.3 is 5.97 Å². The largest absolute Gasteiger partial charge is 0.497 e. The number of carbonyl (C=O) groups excluding carboxylic acids is 2. The van der Waals surface area contributed by atoms with Crippen LogP contribution >= 0.6 is 0 Å². The highest BCUT2D eigenvalue weighted by Crippen LogP contribution is 2.13. The standard InChI is InChI=1S/C15H18O5/c1-4-8-19-11(2)15(17)20-10-14(16)12-6-5-7-13(9-12)18-3/h4-7,9,11H,1,8,10H2,2-3H3. The Morgan fingerprint density at radius 2 is 2.15 bits per heavy atom. The lowest BCUT2D eigenvalue weighted by Gasteiger charge is -2.11. The smallest absolute Gasteiger partial charge is 0.335 e. The zero-order valence-corrected chi connectivity index (χ0v) is 11.6. The maximum Gasteiger partial charge on any atom is 0.335 e. The van der Waals surface area contributed by atoms with Gasteiger partial charge in [-0.2, -0.15) is 0 Å². The molecule has 0 saturated carbocycles. The van der Waals surface area contributed by atoms with Gasteiger partial charge in [0.1, 0.15) is 5.75 Å². The van der Waals surface area contributed by atoms with Gasteiger partial charge in [0.15, 0.2) is 18.5 Å². The van der Waals surface area contributed by atoms with Crippen LogP contribution in [0.25, 0.3) is 0 Å². The third-order valence-electron chi connectivity index (χ3n) is 2.53. The predicted octanol–water partition coefficient (Wildman–Crippen LogP) is 2.01. The summed E-state index contributed by atoms with van der Waals surface area (Å²) in [6.07, 6.45) is 0.802. The molecule has 20 heavy (non-hydrogen) atoms.